The van der Waals surface area contributed by atoms with E-state index in [2.05, 4.69) is 50.0 Å². The van der Waals surface area contributed by atoms with Gasteiger partial charge in [-0.05, 0) is 37.1 Å². The summed E-state index contributed by atoms with van der Waals surface area (Å²) in [7, 11) is 0. The zero-order valence-electron chi connectivity index (χ0n) is 16.2. The van der Waals surface area contributed by atoms with Crippen LogP contribution >= 0.6 is 11.8 Å². The normalized spacial score (nSPS) is 20.9. The second-order valence-electron chi connectivity index (χ2n) is 7.47. The molecular weight excluding hydrogens is 368 g/mol. The van der Waals surface area contributed by atoms with Crippen LogP contribution in [0, 0.1) is 0 Å². The molecule has 28 heavy (non-hydrogen) atoms. The van der Waals surface area contributed by atoms with E-state index in [1.165, 1.54) is 12.1 Å². The first-order valence-corrected chi connectivity index (χ1v) is 11.1. The lowest BCUT2D eigenvalue weighted by molar-refractivity contribution is -0.130. The Hall–Kier alpha value is -2.05. The highest BCUT2D eigenvalue weighted by atomic mass is 32.2. The number of nitrogens with zero attached hydrogens (tertiary/aromatic N) is 4. The number of hydrogen-bond acceptors (Lipinski definition) is 5. The maximum atomic E-state index is 12.7. The molecule has 4 rings (SSSR count). The minimum absolute atomic E-state index is 0.259. The third-order valence-corrected chi connectivity index (χ3v) is 6.71. The van der Waals surface area contributed by atoms with Crippen LogP contribution in [0.25, 0.3) is 0 Å². The average molecular weight is 397 g/mol. The van der Waals surface area contributed by atoms with Gasteiger partial charge in [0.15, 0.2) is 0 Å². The number of aromatic nitrogens is 1. The number of anilines is 1. The molecule has 2 aliphatic heterocycles. The van der Waals surface area contributed by atoms with Gasteiger partial charge in [-0.1, -0.05) is 18.2 Å². The summed E-state index contributed by atoms with van der Waals surface area (Å²) < 4.78 is 0. The van der Waals surface area contributed by atoms with E-state index in [4.69, 9.17) is 0 Å². The van der Waals surface area contributed by atoms with Crippen molar-refractivity contribution in [1.29, 1.82) is 0 Å². The van der Waals surface area contributed by atoms with E-state index in [1.54, 1.807) is 24.2 Å². The highest BCUT2D eigenvalue weighted by molar-refractivity contribution is 8.00. The number of benzene rings is 1. The molecule has 2 aromatic rings. The van der Waals surface area contributed by atoms with Crippen molar-refractivity contribution >= 4 is 23.4 Å². The molecule has 0 unspecified atom stereocenters. The molecular formula is C22H28N4OS. The van der Waals surface area contributed by atoms with Crippen molar-refractivity contribution in [2.45, 2.75) is 23.8 Å². The van der Waals surface area contributed by atoms with E-state index in [0.717, 1.165) is 50.6 Å². The summed E-state index contributed by atoms with van der Waals surface area (Å²) in [5, 5.41) is 0. The first-order valence-electron chi connectivity index (χ1n) is 10.1. The van der Waals surface area contributed by atoms with Crippen molar-refractivity contribution in [2.24, 2.45) is 0 Å². The smallest absolute Gasteiger partial charge is 0.232 e. The molecule has 2 saturated heterocycles. The number of pyridine rings is 1. The quantitative estimate of drug-likeness (QED) is 0.727. The zero-order chi connectivity index (χ0) is 19.2. The topological polar surface area (TPSA) is 39.7 Å². The molecule has 3 heterocycles. The van der Waals surface area contributed by atoms with Gasteiger partial charge in [0.25, 0.3) is 0 Å². The Kier molecular flexibility index (Phi) is 6.49. The Labute approximate surface area is 171 Å². The largest absolute Gasteiger partial charge is 0.369 e. The van der Waals surface area contributed by atoms with Gasteiger partial charge in [-0.25, -0.2) is 0 Å². The Bertz CT molecular complexity index is 750. The van der Waals surface area contributed by atoms with Crippen LogP contribution in [-0.4, -0.2) is 71.8 Å². The SMILES string of the molecule is O=C(CSc1ccncc1)N1CCC[C@H](N2CCN(c3ccccc3)CC2)C1. The first kappa shape index (κ1) is 19.3. The molecule has 0 saturated carbocycles. The molecule has 1 aromatic heterocycles. The fraction of sp³-hybridized carbons (Fsp3) is 0.455. The molecule has 5 nitrogen and oxygen atoms in total. The summed E-state index contributed by atoms with van der Waals surface area (Å²) in [4.78, 5) is 25.0. The van der Waals surface area contributed by atoms with Crippen LogP contribution in [-0.2, 0) is 4.79 Å². The lowest BCUT2D eigenvalue weighted by atomic mass is 10.0. The lowest BCUT2D eigenvalue weighted by Gasteiger charge is -2.44. The van der Waals surface area contributed by atoms with Crippen molar-refractivity contribution in [3.8, 4) is 0 Å². The number of likely N-dealkylation sites (tertiary alicyclic amines) is 1. The van der Waals surface area contributed by atoms with Crippen molar-refractivity contribution < 1.29 is 4.79 Å². The number of para-hydroxylation sites is 1. The molecule has 0 bridgehead atoms. The molecule has 1 amide bonds. The van der Waals surface area contributed by atoms with Gasteiger partial charge in [-0.15, -0.1) is 11.8 Å². The summed E-state index contributed by atoms with van der Waals surface area (Å²) in [6, 6.07) is 15.1. The van der Waals surface area contributed by atoms with Gasteiger partial charge < -0.3 is 9.80 Å². The molecule has 0 spiro atoms. The molecule has 0 radical (unpaired) electrons. The maximum Gasteiger partial charge on any atom is 0.232 e. The van der Waals surface area contributed by atoms with E-state index < -0.39 is 0 Å². The summed E-state index contributed by atoms with van der Waals surface area (Å²) >= 11 is 1.61. The second kappa shape index (κ2) is 9.43. The Morgan fingerprint density at radius 3 is 2.50 bits per heavy atom. The Morgan fingerprint density at radius 2 is 1.75 bits per heavy atom. The molecule has 1 aromatic carbocycles. The molecule has 148 valence electrons. The fourth-order valence-electron chi connectivity index (χ4n) is 4.13. The highest BCUT2D eigenvalue weighted by Gasteiger charge is 2.29. The van der Waals surface area contributed by atoms with Gasteiger partial charge in [0.2, 0.25) is 5.91 Å². The van der Waals surface area contributed by atoms with E-state index in [-0.39, 0.29) is 5.91 Å². The predicted molar refractivity (Wildman–Crippen MR) is 115 cm³/mol. The standard InChI is InChI=1S/C22H28N4OS/c27-22(18-28-21-8-10-23-11-9-21)26-12-4-7-20(17-26)25-15-13-24(14-16-25)19-5-2-1-3-6-19/h1-3,5-6,8-11,20H,4,7,12-18H2/t20-/m0/s1. The zero-order valence-corrected chi connectivity index (χ0v) is 17.1. The summed E-state index contributed by atoms with van der Waals surface area (Å²) in [6.07, 6.45) is 5.86. The summed E-state index contributed by atoms with van der Waals surface area (Å²) in [5.41, 5.74) is 1.32. The predicted octanol–water partition coefficient (Wildman–Crippen LogP) is 2.99. The van der Waals surface area contributed by atoms with Gasteiger partial charge in [0, 0.05) is 68.3 Å². The third kappa shape index (κ3) is 4.86. The van der Waals surface area contributed by atoms with Crippen LogP contribution in [0.3, 0.4) is 0 Å². The van der Waals surface area contributed by atoms with Gasteiger partial charge in [0.05, 0.1) is 5.75 Å². The number of thioether (sulfide) groups is 1. The molecule has 2 fully saturated rings. The fourth-order valence-corrected chi connectivity index (χ4v) is 4.92. The molecule has 1 atom stereocenters. The molecule has 0 aliphatic carbocycles. The van der Waals surface area contributed by atoms with E-state index >= 15 is 0 Å². The lowest BCUT2D eigenvalue weighted by Crippen LogP contribution is -2.56. The van der Waals surface area contributed by atoms with Crippen molar-refractivity contribution in [3.05, 3.63) is 54.9 Å². The van der Waals surface area contributed by atoms with Crippen molar-refractivity contribution in [2.75, 3.05) is 49.9 Å². The van der Waals surface area contributed by atoms with Crippen LogP contribution in [0.5, 0.6) is 0 Å². The number of piperidine rings is 1. The summed E-state index contributed by atoms with van der Waals surface area (Å²) in [6.45, 7) is 6.05. The van der Waals surface area contributed by atoms with Gasteiger partial charge in [-0.2, -0.15) is 0 Å². The van der Waals surface area contributed by atoms with Crippen molar-refractivity contribution in [3.63, 3.8) is 0 Å². The minimum Gasteiger partial charge on any atom is -0.369 e. The highest BCUT2D eigenvalue weighted by Crippen LogP contribution is 2.22. The van der Waals surface area contributed by atoms with Crippen molar-refractivity contribution in [1.82, 2.24) is 14.8 Å². The Balaban J connectivity index is 1.26. The number of piperazine rings is 1. The van der Waals surface area contributed by atoms with Gasteiger partial charge in [0.1, 0.15) is 0 Å². The molecule has 2 aliphatic rings. The van der Waals surface area contributed by atoms with E-state index in [9.17, 15) is 4.79 Å². The van der Waals surface area contributed by atoms with Gasteiger partial charge >= 0.3 is 0 Å². The van der Waals surface area contributed by atoms with Crippen LogP contribution in [0.2, 0.25) is 0 Å². The Morgan fingerprint density at radius 1 is 1.00 bits per heavy atom. The second-order valence-corrected chi connectivity index (χ2v) is 8.51. The van der Waals surface area contributed by atoms with E-state index in [1.807, 2.05) is 12.1 Å². The minimum atomic E-state index is 0.259. The number of amides is 1. The number of carbonyl (C=O) groups excluding carboxylic acids is 1. The van der Waals surface area contributed by atoms with Gasteiger partial charge in [-0.3, -0.25) is 14.7 Å². The molecule has 6 heteroatoms. The number of rotatable bonds is 5. The van der Waals surface area contributed by atoms with E-state index in [0.29, 0.717) is 11.8 Å². The third-order valence-electron chi connectivity index (χ3n) is 5.71. The van der Waals surface area contributed by atoms with Crippen LogP contribution in [0.15, 0.2) is 59.8 Å². The first-order chi connectivity index (χ1) is 13.8. The van der Waals surface area contributed by atoms with Crippen LogP contribution < -0.4 is 4.90 Å². The maximum absolute atomic E-state index is 12.7. The number of carbonyl (C=O) groups is 1. The van der Waals surface area contributed by atoms with Crippen LogP contribution in [0.1, 0.15) is 12.8 Å². The number of hydrogen-bond donors (Lipinski definition) is 0. The summed E-state index contributed by atoms with van der Waals surface area (Å²) in [5.74, 6) is 0.771. The van der Waals surface area contributed by atoms with Crippen LogP contribution in [0.4, 0.5) is 5.69 Å². The molecule has 0 N–H and O–H groups in total. The monoisotopic (exact) mass is 396 g/mol. The average Bonchev–Trinajstić information content (AvgIpc) is 2.79.